The molecule has 0 fully saturated rings. The van der Waals surface area contributed by atoms with Crippen LogP contribution in [0.4, 0.5) is 0 Å². The van der Waals surface area contributed by atoms with Crippen molar-refractivity contribution in [3.8, 4) is 0 Å². The average molecular weight is 552 g/mol. The quantitative estimate of drug-likeness (QED) is 0.192. The second kappa shape index (κ2) is 17.9. The van der Waals surface area contributed by atoms with E-state index in [9.17, 15) is 9.13 Å². The highest BCUT2D eigenvalue weighted by Gasteiger charge is 2.28. The lowest BCUT2D eigenvalue weighted by Crippen LogP contribution is -2.35. The van der Waals surface area contributed by atoms with Crippen molar-refractivity contribution in [2.45, 2.75) is 39.8 Å². The maximum atomic E-state index is 12.2. The van der Waals surface area contributed by atoms with Gasteiger partial charge in [0, 0.05) is 66.7 Å². The Kier molecular flexibility index (Phi) is 18.2. The van der Waals surface area contributed by atoms with Crippen LogP contribution in [0.25, 0.3) is 0 Å². The fourth-order valence-electron chi connectivity index (χ4n) is 3.02. The fourth-order valence-corrected chi connectivity index (χ4v) is 6.79. The first-order valence-electron chi connectivity index (χ1n) is 11.5. The Labute approximate surface area is 208 Å². The maximum absolute atomic E-state index is 12.2. The van der Waals surface area contributed by atoms with E-state index in [2.05, 4.69) is 32.4 Å². The van der Waals surface area contributed by atoms with Crippen LogP contribution in [0.3, 0.4) is 0 Å². The van der Waals surface area contributed by atoms with Crippen LogP contribution in [0.15, 0.2) is 0 Å². The summed E-state index contributed by atoms with van der Waals surface area (Å²) in [5.41, 5.74) is 0. The standard InChI is InChI=1S/C20H48N3O8P3/c1-19(2)23(20(3)4)32(30-15-11-21(5)13-17-33(24,26-7)27-8)31-16-12-22(6)14-18-34(25,28-9)29-10/h19-20H,11-18H2,1-10H3. The van der Waals surface area contributed by atoms with E-state index in [1.54, 1.807) is 0 Å². The van der Waals surface area contributed by atoms with Crippen LogP contribution in [0.2, 0.25) is 0 Å². The van der Waals surface area contributed by atoms with E-state index in [-0.39, 0.29) is 12.1 Å². The Morgan fingerprint density at radius 1 is 0.647 bits per heavy atom. The predicted molar refractivity (Wildman–Crippen MR) is 139 cm³/mol. The zero-order chi connectivity index (χ0) is 26.4. The normalized spacial score (nSPS) is 13.5. The number of nitrogens with zero attached hydrogens (tertiary/aromatic N) is 3. The van der Waals surface area contributed by atoms with Crippen LogP contribution in [-0.4, -0.2) is 121 Å². The summed E-state index contributed by atoms with van der Waals surface area (Å²) in [6, 6.07) is 0.510. The van der Waals surface area contributed by atoms with Gasteiger partial charge in [-0.1, -0.05) is 0 Å². The van der Waals surface area contributed by atoms with Crippen molar-refractivity contribution in [1.29, 1.82) is 0 Å². The Balaban J connectivity index is 4.77. The molecule has 0 N–H and O–H groups in total. The molecule has 206 valence electrons. The highest BCUT2D eigenvalue weighted by molar-refractivity contribution is 7.54. The lowest BCUT2D eigenvalue weighted by atomic mass is 10.3. The van der Waals surface area contributed by atoms with Crippen molar-refractivity contribution in [2.75, 3.05) is 94.3 Å². The Bertz CT molecular complexity index is 564. The van der Waals surface area contributed by atoms with E-state index in [0.717, 1.165) is 0 Å². The lowest BCUT2D eigenvalue weighted by Gasteiger charge is -2.36. The summed E-state index contributed by atoms with van der Waals surface area (Å²) in [7, 11) is 2.17. The SMILES string of the molecule is COP(=O)(CCN(C)CCOP(OCCN(C)CCP(=O)(OC)OC)N(C(C)C)C(C)C)OC. The summed E-state index contributed by atoms with van der Waals surface area (Å²) in [4.78, 5) is 4.07. The third-order valence-corrected chi connectivity index (χ3v) is 11.0. The van der Waals surface area contributed by atoms with Crippen molar-refractivity contribution in [3.05, 3.63) is 0 Å². The molecule has 0 radical (unpaired) electrons. The average Bonchev–Trinajstić information content (AvgIpc) is 2.80. The predicted octanol–water partition coefficient (Wildman–Crippen LogP) is 4.20. The maximum Gasteiger partial charge on any atom is 0.331 e. The van der Waals surface area contributed by atoms with Crippen molar-refractivity contribution in [2.24, 2.45) is 0 Å². The molecule has 0 spiro atoms. The summed E-state index contributed by atoms with van der Waals surface area (Å²) in [5, 5.41) is 0. The Hall–Kier alpha value is 0.530. The minimum Gasteiger partial charge on any atom is -0.321 e. The first-order valence-corrected chi connectivity index (χ1v) is 16.1. The molecule has 14 heteroatoms. The zero-order valence-corrected chi connectivity index (χ0v) is 25.4. The number of likely N-dealkylation sites (N-methyl/N-ethyl adjacent to an activating group) is 2. The van der Waals surface area contributed by atoms with Gasteiger partial charge in [-0.3, -0.25) is 9.13 Å². The summed E-state index contributed by atoms with van der Waals surface area (Å²) < 4.78 is 59.1. The van der Waals surface area contributed by atoms with Gasteiger partial charge in [0.25, 0.3) is 8.53 Å². The molecule has 0 aliphatic rings. The number of rotatable bonds is 21. The highest BCUT2D eigenvalue weighted by atomic mass is 31.2. The summed E-state index contributed by atoms with van der Waals surface area (Å²) in [6.45, 7) is 11.9. The Morgan fingerprint density at radius 3 is 1.24 bits per heavy atom. The van der Waals surface area contributed by atoms with Gasteiger partial charge in [-0.15, -0.1) is 0 Å². The molecule has 34 heavy (non-hydrogen) atoms. The molecule has 0 heterocycles. The lowest BCUT2D eigenvalue weighted by molar-refractivity contribution is 0.150. The van der Waals surface area contributed by atoms with Crippen molar-refractivity contribution in [1.82, 2.24) is 14.5 Å². The van der Waals surface area contributed by atoms with E-state index < -0.39 is 23.7 Å². The summed E-state index contributed by atoms with van der Waals surface area (Å²) in [5.74, 6) is 0. The highest BCUT2D eigenvalue weighted by Crippen LogP contribution is 2.47. The molecular weight excluding hydrogens is 503 g/mol. The topological polar surface area (TPSA) is 99.2 Å². The van der Waals surface area contributed by atoms with Crippen LogP contribution in [0.5, 0.6) is 0 Å². The molecule has 0 rings (SSSR count). The minimum atomic E-state index is -3.02. The molecule has 0 aromatic rings. The molecule has 0 amide bonds. The molecule has 0 saturated heterocycles. The van der Waals surface area contributed by atoms with Gasteiger partial charge in [-0.2, -0.15) is 0 Å². The molecule has 11 nitrogen and oxygen atoms in total. The van der Waals surface area contributed by atoms with E-state index in [4.69, 9.17) is 27.1 Å². The zero-order valence-electron chi connectivity index (χ0n) is 22.8. The molecule has 0 atom stereocenters. The fraction of sp³-hybridized carbons (Fsp3) is 1.00. The summed E-state index contributed by atoms with van der Waals surface area (Å²) >= 11 is 0. The van der Waals surface area contributed by atoms with Crippen molar-refractivity contribution >= 4 is 23.7 Å². The third kappa shape index (κ3) is 13.7. The third-order valence-electron chi connectivity index (χ3n) is 5.22. The molecular formula is C20H48N3O8P3. The number of hydrogen-bond donors (Lipinski definition) is 0. The van der Waals surface area contributed by atoms with Crippen LogP contribution >= 0.6 is 23.7 Å². The van der Waals surface area contributed by atoms with Crippen LogP contribution < -0.4 is 0 Å². The smallest absolute Gasteiger partial charge is 0.321 e. The second-order valence-electron chi connectivity index (χ2n) is 8.48. The van der Waals surface area contributed by atoms with E-state index in [1.165, 1.54) is 28.4 Å². The number of hydrogen-bond acceptors (Lipinski definition) is 11. The molecule has 0 aromatic carbocycles. The molecule has 0 unspecified atom stereocenters. The minimum absolute atomic E-state index is 0.255. The van der Waals surface area contributed by atoms with Gasteiger partial charge in [0.05, 0.1) is 25.5 Å². The molecule has 0 aromatic heterocycles. The molecule has 0 saturated carbocycles. The second-order valence-corrected chi connectivity index (χ2v) is 14.7. The van der Waals surface area contributed by atoms with Crippen LogP contribution in [0, 0.1) is 0 Å². The van der Waals surface area contributed by atoms with Gasteiger partial charge in [0.2, 0.25) is 0 Å². The first-order chi connectivity index (χ1) is 15.9. The van der Waals surface area contributed by atoms with Crippen molar-refractivity contribution < 1.29 is 36.3 Å². The van der Waals surface area contributed by atoms with E-state index in [0.29, 0.717) is 51.7 Å². The summed E-state index contributed by atoms with van der Waals surface area (Å²) in [6.07, 6.45) is 0.633. The monoisotopic (exact) mass is 551 g/mol. The first kappa shape index (κ1) is 34.5. The Morgan fingerprint density at radius 2 is 0.971 bits per heavy atom. The van der Waals surface area contributed by atoms with Crippen LogP contribution in [-0.2, 0) is 36.3 Å². The molecule has 0 bridgehead atoms. The van der Waals surface area contributed by atoms with Crippen molar-refractivity contribution in [3.63, 3.8) is 0 Å². The van der Waals surface area contributed by atoms with Gasteiger partial charge in [0.1, 0.15) is 0 Å². The van der Waals surface area contributed by atoms with Gasteiger partial charge in [0.15, 0.2) is 0 Å². The van der Waals surface area contributed by atoms with Gasteiger partial charge < -0.3 is 36.9 Å². The largest absolute Gasteiger partial charge is 0.331 e. The van der Waals surface area contributed by atoms with E-state index in [1.807, 2.05) is 23.9 Å². The molecule has 0 aliphatic carbocycles. The van der Waals surface area contributed by atoms with Gasteiger partial charge >= 0.3 is 15.2 Å². The van der Waals surface area contributed by atoms with E-state index >= 15 is 0 Å². The van der Waals surface area contributed by atoms with Crippen LogP contribution in [0.1, 0.15) is 27.7 Å². The van der Waals surface area contributed by atoms with Gasteiger partial charge in [-0.25, -0.2) is 4.67 Å². The molecule has 0 aliphatic heterocycles. The van der Waals surface area contributed by atoms with Gasteiger partial charge in [-0.05, 0) is 41.8 Å².